The molecule has 23 heavy (non-hydrogen) atoms. The van der Waals surface area contributed by atoms with Gasteiger partial charge < -0.3 is 10.2 Å². The van der Waals surface area contributed by atoms with E-state index in [2.05, 4.69) is 34.0 Å². The van der Waals surface area contributed by atoms with E-state index in [1.54, 1.807) is 0 Å². The molecular weight excluding hydrogens is 295 g/mol. The summed E-state index contributed by atoms with van der Waals surface area (Å²) in [6.07, 6.45) is 4.81. The number of nitrogens with one attached hydrogen (secondary N) is 1. The van der Waals surface area contributed by atoms with Crippen molar-refractivity contribution in [3.63, 3.8) is 0 Å². The molecule has 0 unspecified atom stereocenters. The first-order chi connectivity index (χ1) is 11.0. The summed E-state index contributed by atoms with van der Waals surface area (Å²) < 4.78 is 13.7. The van der Waals surface area contributed by atoms with Crippen LogP contribution in [0.1, 0.15) is 37.0 Å². The Morgan fingerprint density at radius 1 is 1.26 bits per heavy atom. The van der Waals surface area contributed by atoms with Crippen LogP contribution in [0.3, 0.4) is 0 Å². The van der Waals surface area contributed by atoms with Gasteiger partial charge in [-0.15, -0.1) is 0 Å². The van der Waals surface area contributed by atoms with Gasteiger partial charge in [-0.1, -0.05) is 0 Å². The van der Waals surface area contributed by atoms with Crippen molar-refractivity contribution in [3.8, 4) is 0 Å². The Balaban J connectivity index is 1.74. The van der Waals surface area contributed by atoms with Crippen LogP contribution in [-0.2, 0) is 0 Å². The molecule has 3 rings (SSSR count). The average molecular weight is 316 g/mol. The van der Waals surface area contributed by atoms with Crippen LogP contribution in [0.2, 0.25) is 0 Å². The van der Waals surface area contributed by atoms with Crippen molar-refractivity contribution in [2.24, 2.45) is 0 Å². The minimum absolute atomic E-state index is 0.118. The molecule has 5 nitrogen and oxygen atoms in total. The number of hydrogen-bond donors (Lipinski definition) is 1. The molecule has 2 aromatic rings. The molecule has 1 aliphatic heterocycles. The summed E-state index contributed by atoms with van der Waals surface area (Å²) in [5.41, 5.74) is 1.08. The Bertz CT molecular complexity index is 711. The highest BCUT2D eigenvalue weighted by atomic mass is 19.1. The molecular formula is C17H21FN4O. The summed E-state index contributed by atoms with van der Waals surface area (Å²) >= 11 is 0. The van der Waals surface area contributed by atoms with Crippen molar-refractivity contribution in [2.45, 2.75) is 38.8 Å². The molecule has 6 heteroatoms. The zero-order chi connectivity index (χ0) is 16.4. The molecule has 2 heterocycles. The van der Waals surface area contributed by atoms with Crippen LogP contribution in [0.5, 0.6) is 0 Å². The highest BCUT2D eigenvalue weighted by Gasteiger charge is 2.23. The fourth-order valence-corrected chi connectivity index (χ4v) is 3.04. The molecule has 1 amide bonds. The molecule has 1 fully saturated rings. The lowest BCUT2D eigenvalue weighted by atomic mass is 10.0. The number of carbonyl (C=O) groups is 1. The van der Waals surface area contributed by atoms with E-state index >= 15 is 0 Å². The fourth-order valence-electron chi connectivity index (χ4n) is 3.04. The molecule has 0 bridgehead atoms. The molecule has 1 aromatic heterocycles. The molecule has 1 aromatic carbocycles. The average Bonchev–Trinajstić information content (AvgIpc) is 2.54. The van der Waals surface area contributed by atoms with Gasteiger partial charge in [0.1, 0.15) is 11.3 Å². The minimum Gasteiger partial charge on any atom is -0.349 e. The summed E-state index contributed by atoms with van der Waals surface area (Å²) in [6.45, 7) is 6.28. The van der Waals surface area contributed by atoms with Crippen molar-refractivity contribution in [1.29, 1.82) is 0 Å². The van der Waals surface area contributed by atoms with E-state index in [-0.39, 0.29) is 17.5 Å². The third kappa shape index (κ3) is 3.47. The van der Waals surface area contributed by atoms with Crippen molar-refractivity contribution in [3.05, 3.63) is 35.9 Å². The molecule has 122 valence electrons. The summed E-state index contributed by atoms with van der Waals surface area (Å²) in [4.78, 5) is 23.2. The Kier molecular flexibility index (Phi) is 4.52. The second-order valence-electron chi connectivity index (χ2n) is 6.25. The van der Waals surface area contributed by atoms with Gasteiger partial charge in [0, 0.05) is 43.6 Å². The van der Waals surface area contributed by atoms with Crippen molar-refractivity contribution in [2.75, 3.05) is 13.1 Å². The monoisotopic (exact) mass is 316 g/mol. The zero-order valence-electron chi connectivity index (χ0n) is 13.4. The maximum Gasteiger partial charge on any atom is 0.253 e. The zero-order valence-corrected chi connectivity index (χ0v) is 13.4. The molecule has 0 aliphatic carbocycles. The van der Waals surface area contributed by atoms with Gasteiger partial charge in [0.2, 0.25) is 0 Å². The van der Waals surface area contributed by atoms with E-state index in [1.165, 1.54) is 24.5 Å². The van der Waals surface area contributed by atoms with Crippen LogP contribution in [0.4, 0.5) is 4.39 Å². The van der Waals surface area contributed by atoms with Gasteiger partial charge in [0.15, 0.2) is 0 Å². The van der Waals surface area contributed by atoms with Gasteiger partial charge >= 0.3 is 0 Å². The number of likely N-dealkylation sites (tertiary alicyclic amines) is 1. The van der Waals surface area contributed by atoms with E-state index in [1.807, 2.05) is 0 Å². The van der Waals surface area contributed by atoms with Gasteiger partial charge in [0.05, 0.1) is 11.1 Å². The van der Waals surface area contributed by atoms with Gasteiger partial charge in [-0.2, -0.15) is 0 Å². The van der Waals surface area contributed by atoms with E-state index in [0.717, 1.165) is 25.9 Å². The van der Waals surface area contributed by atoms with Crippen LogP contribution in [0.25, 0.3) is 11.0 Å². The Morgan fingerprint density at radius 2 is 1.96 bits per heavy atom. The quantitative estimate of drug-likeness (QED) is 0.944. The predicted molar refractivity (Wildman–Crippen MR) is 86.7 cm³/mol. The van der Waals surface area contributed by atoms with Crippen LogP contribution >= 0.6 is 0 Å². The number of hydrogen-bond acceptors (Lipinski definition) is 4. The highest BCUT2D eigenvalue weighted by molar-refractivity contribution is 6.04. The number of carbonyl (C=O) groups excluding carboxylic acids is 1. The maximum atomic E-state index is 13.7. The summed E-state index contributed by atoms with van der Waals surface area (Å²) in [5.74, 6) is -0.754. The Labute approximate surface area is 134 Å². The number of benzene rings is 1. The van der Waals surface area contributed by atoms with E-state index in [4.69, 9.17) is 0 Å². The highest BCUT2D eigenvalue weighted by Crippen LogP contribution is 2.18. The van der Waals surface area contributed by atoms with Crippen LogP contribution in [0, 0.1) is 5.82 Å². The molecule has 0 saturated carbocycles. The first-order valence-corrected chi connectivity index (χ1v) is 8.00. The third-order valence-electron chi connectivity index (χ3n) is 4.38. The third-order valence-corrected chi connectivity index (χ3v) is 4.38. The van der Waals surface area contributed by atoms with Crippen LogP contribution in [-0.4, -0.2) is 45.9 Å². The summed E-state index contributed by atoms with van der Waals surface area (Å²) in [7, 11) is 0. The lowest BCUT2D eigenvalue weighted by molar-refractivity contribution is 0.0901. The minimum atomic E-state index is -0.474. The number of fused-ring (bicyclic) bond motifs is 1. The Hall–Kier alpha value is -2.08. The van der Waals surface area contributed by atoms with Crippen LogP contribution in [0.15, 0.2) is 24.5 Å². The van der Waals surface area contributed by atoms with E-state index < -0.39 is 5.82 Å². The lowest BCUT2D eigenvalue weighted by Gasteiger charge is -2.34. The van der Waals surface area contributed by atoms with Gasteiger partial charge in [0.25, 0.3) is 5.91 Å². The topological polar surface area (TPSA) is 58.1 Å². The SMILES string of the molecule is CC(C)N1CCC(NC(=O)c2cc(F)cc3nccnc23)CC1. The van der Waals surface area contributed by atoms with Gasteiger partial charge in [-0.3, -0.25) is 14.8 Å². The first kappa shape index (κ1) is 15.8. The van der Waals surface area contributed by atoms with E-state index in [0.29, 0.717) is 17.1 Å². The maximum absolute atomic E-state index is 13.7. The number of aromatic nitrogens is 2. The van der Waals surface area contributed by atoms with E-state index in [9.17, 15) is 9.18 Å². The molecule has 0 atom stereocenters. The second kappa shape index (κ2) is 6.58. The van der Waals surface area contributed by atoms with Crippen molar-refractivity contribution >= 4 is 16.9 Å². The fraction of sp³-hybridized carbons (Fsp3) is 0.471. The normalized spacial score (nSPS) is 16.9. The largest absolute Gasteiger partial charge is 0.349 e. The number of piperidine rings is 1. The predicted octanol–water partition coefficient (Wildman–Crippen LogP) is 2.37. The standard InChI is InChI=1S/C17H21FN4O/c1-11(2)22-7-3-13(4-8-22)21-17(23)14-9-12(18)10-15-16(14)20-6-5-19-15/h5-6,9-11,13H,3-4,7-8H2,1-2H3,(H,21,23). The van der Waals surface area contributed by atoms with Gasteiger partial charge in [-0.25, -0.2) is 4.39 Å². The van der Waals surface area contributed by atoms with Crippen LogP contribution < -0.4 is 5.32 Å². The number of rotatable bonds is 3. The smallest absolute Gasteiger partial charge is 0.253 e. The number of amides is 1. The molecule has 0 spiro atoms. The van der Waals surface area contributed by atoms with Gasteiger partial charge in [-0.05, 0) is 32.8 Å². The number of halogens is 1. The summed E-state index contributed by atoms with van der Waals surface area (Å²) in [6, 6.07) is 3.16. The summed E-state index contributed by atoms with van der Waals surface area (Å²) in [5, 5.41) is 3.01. The molecule has 0 radical (unpaired) electrons. The van der Waals surface area contributed by atoms with Crippen molar-refractivity contribution < 1.29 is 9.18 Å². The Morgan fingerprint density at radius 3 is 2.65 bits per heavy atom. The number of nitrogens with zero attached hydrogens (tertiary/aromatic N) is 3. The van der Waals surface area contributed by atoms with Crippen molar-refractivity contribution in [1.82, 2.24) is 20.2 Å². The molecule has 1 saturated heterocycles. The first-order valence-electron chi connectivity index (χ1n) is 8.00. The molecule has 1 aliphatic rings. The second-order valence-corrected chi connectivity index (χ2v) is 6.25. The lowest BCUT2D eigenvalue weighted by Crippen LogP contribution is -2.46. The molecule has 1 N–H and O–H groups in total.